The van der Waals surface area contributed by atoms with Gasteiger partial charge in [0.1, 0.15) is 0 Å². The number of carbonyl (C=O) groups excluding carboxylic acids is 1. The first-order valence-electron chi connectivity index (χ1n) is 10.8. The van der Waals surface area contributed by atoms with Crippen molar-refractivity contribution in [2.24, 2.45) is 5.92 Å². The van der Waals surface area contributed by atoms with Crippen LogP contribution in [0.5, 0.6) is 0 Å². The van der Waals surface area contributed by atoms with E-state index in [-0.39, 0.29) is 18.3 Å². The Morgan fingerprint density at radius 3 is 2.31 bits per heavy atom. The van der Waals surface area contributed by atoms with Crippen LogP contribution in [-0.2, 0) is 28.9 Å². The van der Waals surface area contributed by atoms with E-state index in [9.17, 15) is 39.6 Å². The lowest BCUT2D eigenvalue weighted by Gasteiger charge is -2.33. The average Bonchev–Trinajstić information content (AvgIpc) is 3.19. The van der Waals surface area contributed by atoms with Crippen molar-refractivity contribution in [2.75, 3.05) is 37.7 Å². The second-order valence-electron chi connectivity index (χ2n) is 8.80. The first kappa shape index (κ1) is 27.8. The first-order chi connectivity index (χ1) is 16.5. The summed E-state index contributed by atoms with van der Waals surface area (Å²) >= 11 is 0. The van der Waals surface area contributed by atoms with Gasteiger partial charge in [0.2, 0.25) is 10.0 Å². The average molecular weight is 542 g/mol. The molecular formula is C21H25F6N5O3S. The summed E-state index contributed by atoms with van der Waals surface area (Å²) in [5.41, 5.74) is -2.70. The zero-order valence-corrected chi connectivity index (χ0v) is 20.2. The molecule has 2 aromatic rings. The predicted molar refractivity (Wildman–Crippen MR) is 119 cm³/mol. The van der Waals surface area contributed by atoms with Gasteiger partial charge in [0.25, 0.3) is 0 Å². The number of alkyl halides is 6. The van der Waals surface area contributed by atoms with Gasteiger partial charge in [-0.25, -0.2) is 13.2 Å². The Balaban J connectivity index is 1.59. The van der Waals surface area contributed by atoms with Gasteiger partial charge in [0.15, 0.2) is 5.82 Å². The molecule has 0 unspecified atom stereocenters. The maximum Gasteiger partial charge on any atom is 0.416 e. The minimum absolute atomic E-state index is 0.00446. The molecule has 1 fully saturated rings. The first-order valence-corrected chi connectivity index (χ1v) is 12.7. The third kappa shape index (κ3) is 7.35. The van der Waals surface area contributed by atoms with Crippen molar-refractivity contribution in [1.82, 2.24) is 19.6 Å². The van der Waals surface area contributed by atoms with Gasteiger partial charge in [0.05, 0.1) is 17.4 Å². The number of nitrogens with one attached hydrogen (secondary N) is 1. The van der Waals surface area contributed by atoms with Crippen molar-refractivity contribution >= 4 is 21.9 Å². The molecule has 36 heavy (non-hydrogen) atoms. The molecule has 1 aromatic carbocycles. The number of rotatable bonds is 6. The highest BCUT2D eigenvalue weighted by molar-refractivity contribution is 7.92. The molecule has 1 N–H and O–H groups in total. The van der Waals surface area contributed by atoms with Gasteiger partial charge in [-0.15, -0.1) is 5.10 Å². The Bertz CT molecular complexity index is 1190. The minimum Gasteiger partial charge on any atom is -0.323 e. The molecule has 0 saturated carbocycles. The molecule has 0 spiro atoms. The van der Waals surface area contributed by atoms with Crippen molar-refractivity contribution in [1.29, 1.82) is 0 Å². The van der Waals surface area contributed by atoms with Crippen LogP contribution >= 0.6 is 0 Å². The van der Waals surface area contributed by atoms with Crippen LogP contribution in [0.1, 0.15) is 29.5 Å². The van der Waals surface area contributed by atoms with E-state index in [1.807, 2.05) is 0 Å². The summed E-state index contributed by atoms with van der Waals surface area (Å²) < 4.78 is 105. The van der Waals surface area contributed by atoms with Crippen LogP contribution in [0.15, 0.2) is 30.5 Å². The molecule has 1 aliphatic rings. The van der Waals surface area contributed by atoms with E-state index >= 15 is 0 Å². The summed E-state index contributed by atoms with van der Waals surface area (Å²) in [4.78, 5) is 15.7. The number of hydrogen-bond acceptors (Lipinski definition) is 5. The smallest absolute Gasteiger partial charge is 0.323 e. The molecule has 2 heterocycles. The number of nitrogens with zero attached hydrogens (tertiary/aromatic N) is 4. The molecule has 1 amide bonds. The van der Waals surface area contributed by atoms with E-state index in [0.29, 0.717) is 50.7 Å². The Hall–Kier alpha value is -2.81. The van der Waals surface area contributed by atoms with Gasteiger partial charge in [-0.05, 0) is 49.6 Å². The summed E-state index contributed by atoms with van der Waals surface area (Å²) in [6.07, 6.45) is -6.21. The quantitative estimate of drug-likeness (QED) is 0.557. The molecule has 1 aliphatic heterocycles. The maximum absolute atomic E-state index is 13.3. The highest BCUT2D eigenvalue weighted by Gasteiger charge is 2.37. The highest BCUT2D eigenvalue weighted by atomic mass is 32.2. The van der Waals surface area contributed by atoms with Crippen molar-refractivity contribution in [3.05, 3.63) is 47.2 Å². The second-order valence-corrected chi connectivity index (χ2v) is 10.5. The van der Waals surface area contributed by atoms with Crippen molar-refractivity contribution in [3.63, 3.8) is 0 Å². The molecule has 0 bridgehead atoms. The number of aromatic nitrogens is 2. The van der Waals surface area contributed by atoms with Gasteiger partial charge in [0, 0.05) is 38.4 Å². The standard InChI is InChI=1S/C21H25F6N5O3S/c1-30(13-15-11-16(20(22,23)24)3-4-17(15)21(25,26)27)12-14-5-8-31(9-6-14)19(33)32-10-7-18(28-32)29-36(2,34)35/h3-4,7,10-11,14H,5-6,8-9,12-13H2,1-2H3,(H,28,29). The molecular weight excluding hydrogens is 516 g/mol. The van der Waals surface area contributed by atoms with Gasteiger partial charge >= 0.3 is 18.4 Å². The number of halogens is 6. The van der Waals surface area contributed by atoms with E-state index in [2.05, 4.69) is 9.82 Å². The molecule has 3 rings (SSSR count). The summed E-state index contributed by atoms with van der Waals surface area (Å²) in [5.74, 6) is 0.00875. The molecule has 1 saturated heterocycles. The summed E-state index contributed by atoms with van der Waals surface area (Å²) in [5, 5.41) is 3.89. The number of anilines is 1. The van der Waals surface area contributed by atoms with Crippen LogP contribution in [0, 0.1) is 5.92 Å². The second kappa shape index (κ2) is 10.3. The number of carbonyl (C=O) groups is 1. The number of benzene rings is 1. The van der Waals surface area contributed by atoms with Crippen LogP contribution in [-0.4, -0.2) is 67.0 Å². The van der Waals surface area contributed by atoms with E-state index < -0.39 is 45.1 Å². The monoisotopic (exact) mass is 541 g/mol. The Kier molecular flexibility index (Phi) is 7.93. The van der Waals surface area contributed by atoms with Gasteiger partial charge in [-0.1, -0.05) is 0 Å². The zero-order valence-electron chi connectivity index (χ0n) is 19.4. The summed E-state index contributed by atoms with van der Waals surface area (Å²) in [6, 6.07) is 2.31. The lowest BCUT2D eigenvalue weighted by Crippen LogP contribution is -2.43. The SMILES string of the molecule is CN(Cc1cc(C(F)(F)F)ccc1C(F)(F)F)CC1CCN(C(=O)n2ccc(NS(C)(=O)=O)n2)CC1. The number of amides is 1. The summed E-state index contributed by atoms with van der Waals surface area (Å²) in [7, 11) is -2.01. The van der Waals surface area contributed by atoms with Crippen molar-refractivity contribution in [2.45, 2.75) is 31.7 Å². The molecule has 0 radical (unpaired) electrons. The largest absolute Gasteiger partial charge is 0.416 e. The van der Waals surface area contributed by atoms with E-state index in [1.54, 1.807) is 4.90 Å². The fourth-order valence-corrected chi connectivity index (χ4v) is 4.59. The molecule has 0 atom stereocenters. The Morgan fingerprint density at radius 2 is 1.75 bits per heavy atom. The lowest BCUT2D eigenvalue weighted by molar-refractivity contribution is -0.142. The number of hydrogen-bond donors (Lipinski definition) is 1. The lowest BCUT2D eigenvalue weighted by atomic mass is 9.96. The Morgan fingerprint density at radius 1 is 1.11 bits per heavy atom. The van der Waals surface area contributed by atoms with Crippen LogP contribution in [0.3, 0.4) is 0 Å². The van der Waals surface area contributed by atoms with E-state index in [0.717, 1.165) is 10.9 Å². The predicted octanol–water partition coefficient (Wildman–Crippen LogP) is 4.10. The van der Waals surface area contributed by atoms with Gasteiger partial charge < -0.3 is 9.80 Å². The highest BCUT2D eigenvalue weighted by Crippen LogP contribution is 2.37. The number of sulfonamides is 1. The number of piperidine rings is 1. The van der Waals surface area contributed by atoms with Crippen molar-refractivity contribution in [3.8, 4) is 0 Å². The van der Waals surface area contributed by atoms with Crippen LogP contribution in [0.4, 0.5) is 37.0 Å². The molecule has 200 valence electrons. The fourth-order valence-electron chi connectivity index (χ4n) is 4.10. The summed E-state index contributed by atoms with van der Waals surface area (Å²) in [6.45, 7) is 0.688. The fraction of sp³-hybridized carbons (Fsp3) is 0.524. The zero-order chi connectivity index (χ0) is 26.9. The molecule has 1 aromatic heterocycles. The molecule has 0 aliphatic carbocycles. The van der Waals surface area contributed by atoms with Crippen molar-refractivity contribution < 1.29 is 39.6 Å². The third-order valence-electron chi connectivity index (χ3n) is 5.71. The maximum atomic E-state index is 13.3. The van der Waals surface area contributed by atoms with Gasteiger partial charge in [-0.3, -0.25) is 4.72 Å². The topological polar surface area (TPSA) is 87.5 Å². The van der Waals surface area contributed by atoms with E-state index in [1.165, 1.54) is 24.2 Å². The van der Waals surface area contributed by atoms with Gasteiger partial charge in [-0.2, -0.15) is 31.0 Å². The third-order valence-corrected chi connectivity index (χ3v) is 6.29. The molecule has 15 heteroatoms. The van der Waals surface area contributed by atoms with Crippen LogP contribution < -0.4 is 4.72 Å². The van der Waals surface area contributed by atoms with Crippen LogP contribution in [0.25, 0.3) is 0 Å². The van der Waals surface area contributed by atoms with E-state index in [4.69, 9.17) is 0 Å². The number of likely N-dealkylation sites (tertiary alicyclic amines) is 1. The Labute approximate surface area is 203 Å². The normalized spacial score (nSPS) is 16.0. The minimum atomic E-state index is -4.78. The van der Waals surface area contributed by atoms with Crippen LogP contribution in [0.2, 0.25) is 0 Å². The molecule has 8 nitrogen and oxygen atoms in total.